The van der Waals surface area contributed by atoms with Crippen molar-refractivity contribution in [2.24, 2.45) is 0 Å². The third-order valence-electron chi connectivity index (χ3n) is 5.29. The second-order valence-corrected chi connectivity index (χ2v) is 7.53. The number of aromatic nitrogens is 1. The van der Waals surface area contributed by atoms with Crippen LogP contribution in [0.4, 0.5) is 0 Å². The van der Waals surface area contributed by atoms with Crippen LogP contribution >= 0.6 is 0 Å². The Hall–Kier alpha value is -2.49. The van der Waals surface area contributed by atoms with E-state index < -0.39 is 0 Å². The van der Waals surface area contributed by atoms with Crippen molar-refractivity contribution in [3.63, 3.8) is 0 Å². The van der Waals surface area contributed by atoms with Crippen molar-refractivity contribution in [3.05, 3.63) is 64.5 Å². The Bertz CT molecular complexity index is 837. The highest BCUT2D eigenvalue weighted by atomic mass is 16.5. The van der Waals surface area contributed by atoms with Gasteiger partial charge in [-0.3, -0.25) is 9.78 Å². The summed E-state index contributed by atoms with van der Waals surface area (Å²) in [4.78, 5) is 28.6. The number of hydrogen-bond donors (Lipinski definition) is 0. The molecule has 1 aromatic carbocycles. The summed E-state index contributed by atoms with van der Waals surface area (Å²) in [7, 11) is 0. The molecule has 4 nitrogen and oxygen atoms in total. The number of hydrogen-bond acceptors (Lipinski definition) is 4. The summed E-state index contributed by atoms with van der Waals surface area (Å²) >= 11 is 0. The normalized spacial score (nSPS) is 16.7. The molecule has 1 aliphatic rings. The lowest BCUT2D eigenvalue weighted by Crippen LogP contribution is -2.27. The Morgan fingerprint density at radius 1 is 1.27 bits per heavy atom. The zero-order valence-electron chi connectivity index (χ0n) is 15.8. The molecular formula is C22H25NO3. The van der Waals surface area contributed by atoms with Crippen LogP contribution in [-0.2, 0) is 10.2 Å². The van der Waals surface area contributed by atoms with E-state index in [0.29, 0.717) is 18.6 Å². The van der Waals surface area contributed by atoms with Gasteiger partial charge >= 0.3 is 5.97 Å². The number of ketones is 1. The third-order valence-corrected chi connectivity index (χ3v) is 5.29. The number of Topliss-reactive ketones (excluding diaryl/α,β-unsaturated/α-hetero) is 1. The van der Waals surface area contributed by atoms with Gasteiger partial charge in [0.25, 0.3) is 0 Å². The number of rotatable bonds is 4. The van der Waals surface area contributed by atoms with E-state index in [0.717, 1.165) is 28.8 Å². The van der Waals surface area contributed by atoms with Gasteiger partial charge < -0.3 is 4.74 Å². The Kier molecular flexibility index (Phi) is 4.94. The smallest absolute Gasteiger partial charge is 0.339 e. The highest BCUT2D eigenvalue weighted by Crippen LogP contribution is 2.38. The van der Waals surface area contributed by atoms with Crippen LogP contribution in [0, 0.1) is 0 Å². The average Bonchev–Trinajstić information content (AvgIpc) is 2.64. The molecular weight excluding hydrogens is 326 g/mol. The largest absolute Gasteiger partial charge is 0.462 e. The fraction of sp³-hybridized carbons (Fsp3) is 0.409. The van der Waals surface area contributed by atoms with Crippen LogP contribution in [0.15, 0.2) is 36.5 Å². The van der Waals surface area contributed by atoms with E-state index in [1.54, 1.807) is 19.2 Å². The van der Waals surface area contributed by atoms with Gasteiger partial charge in [0.1, 0.15) is 0 Å². The summed E-state index contributed by atoms with van der Waals surface area (Å²) in [6.45, 7) is 8.57. The number of pyridine rings is 1. The highest BCUT2D eigenvalue weighted by Gasteiger charge is 2.32. The number of benzene rings is 1. The van der Waals surface area contributed by atoms with Crippen LogP contribution in [0.1, 0.15) is 84.0 Å². The number of carbonyl (C=O) groups is 2. The van der Waals surface area contributed by atoms with Gasteiger partial charge in [-0.2, -0.15) is 0 Å². The molecule has 1 atom stereocenters. The minimum atomic E-state index is -0.360. The first-order valence-electron chi connectivity index (χ1n) is 9.14. The minimum Gasteiger partial charge on any atom is -0.462 e. The molecule has 136 valence electrons. The van der Waals surface area contributed by atoms with E-state index in [2.05, 4.69) is 37.9 Å². The summed E-state index contributed by atoms with van der Waals surface area (Å²) < 4.78 is 4.99. The highest BCUT2D eigenvalue weighted by molar-refractivity contribution is 5.99. The molecule has 0 N–H and O–H groups in total. The maximum absolute atomic E-state index is 12.4. The SMILES string of the molecule is CCOC(=O)c1ccc(C(C)c2ccc3c(c2)C(=O)CCC3(C)C)nc1. The molecule has 0 saturated heterocycles. The lowest BCUT2D eigenvalue weighted by atomic mass is 9.71. The van der Waals surface area contributed by atoms with Crippen LogP contribution in [0.5, 0.6) is 0 Å². The van der Waals surface area contributed by atoms with Crippen LogP contribution in [0.2, 0.25) is 0 Å². The molecule has 0 spiro atoms. The van der Waals surface area contributed by atoms with E-state index in [4.69, 9.17) is 4.74 Å². The lowest BCUT2D eigenvalue weighted by Gasteiger charge is -2.32. The summed E-state index contributed by atoms with van der Waals surface area (Å²) in [6.07, 6.45) is 3.05. The fourth-order valence-corrected chi connectivity index (χ4v) is 3.51. The predicted octanol–water partition coefficient (Wildman–Crippen LogP) is 4.66. The van der Waals surface area contributed by atoms with Crippen molar-refractivity contribution in [2.75, 3.05) is 6.61 Å². The third kappa shape index (κ3) is 3.41. The Morgan fingerprint density at radius 2 is 2.04 bits per heavy atom. The number of fused-ring (bicyclic) bond motifs is 1. The fourth-order valence-electron chi connectivity index (χ4n) is 3.51. The Labute approximate surface area is 154 Å². The topological polar surface area (TPSA) is 56.3 Å². The number of ether oxygens (including phenoxy) is 1. The minimum absolute atomic E-state index is 0.0323. The molecule has 1 aromatic heterocycles. The van der Waals surface area contributed by atoms with Gasteiger partial charge in [0.15, 0.2) is 5.78 Å². The van der Waals surface area contributed by atoms with Gasteiger partial charge in [0.2, 0.25) is 0 Å². The summed E-state index contributed by atoms with van der Waals surface area (Å²) in [5.74, 6) is -0.103. The van der Waals surface area contributed by atoms with E-state index >= 15 is 0 Å². The van der Waals surface area contributed by atoms with Gasteiger partial charge in [-0.1, -0.05) is 32.9 Å². The number of carbonyl (C=O) groups excluding carboxylic acids is 2. The van der Waals surface area contributed by atoms with Crippen molar-refractivity contribution < 1.29 is 14.3 Å². The second kappa shape index (κ2) is 7.02. The monoisotopic (exact) mass is 351 g/mol. The van der Waals surface area contributed by atoms with Gasteiger partial charge in [-0.25, -0.2) is 4.79 Å². The first-order chi connectivity index (χ1) is 12.3. The molecule has 0 amide bonds. The van der Waals surface area contributed by atoms with Gasteiger partial charge in [-0.05, 0) is 48.1 Å². The predicted molar refractivity (Wildman–Crippen MR) is 101 cm³/mol. The molecule has 0 saturated carbocycles. The zero-order chi connectivity index (χ0) is 18.9. The molecule has 1 unspecified atom stereocenters. The van der Waals surface area contributed by atoms with Crippen molar-refractivity contribution in [2.45, 2.75) is 51.9 Å². The molecule has 26 heavy (non-hydrogen) atoms. The Balaban J connectivity index is 1.89. The van der Waals surface area contributed by atoms with Crippen LogP contribution in [-0.4, -0.2) is 23.3 Å². The first-order valence-corrected chi connectivity index (χ1v) is 9.14. The van der Waals surface area contributed by atoms with E-state index in [1.807, 2.05) is 12.1 Å². The molecule has 2 aromatic rings. The number of nitrogens with zero attached hydrogens (tertiary/aromatic N) is 1. The van der Waals surface area contributed by atoms with Gasteiger partial charge in [0, 0.05) is 29.8 Å². The molecule has 4 heteroatoms. The molecule has 0 radical (unpaired) electrons. The maximum Gasteiger partial charge on any atom is 0.339 e. The maximum atomic E-state index is 12.4. The van der Waals surface area contributed by atoms with Gasteiger partial charge in [0.05, 0.1) is 12.2 Å². The summed E-state index contributed by atoms with van der Waals surface area (Å²) in [5, 5.41) is 0. The molecule has 0 fully saturated rings. The zero-order valence-corrected chi connectivity index (χ0v) is 15.8. The average molecular weight is 351 g/mol. The summed E-state index contributed by atoms with van der Waals surface area (Å²) in [6, 6.07) is 9.78. The molecule has 0 bridgehead atoms. The molecule has 1 aliphatic carbocycles. The van der Waals surface area contributed by atoms with Crippen LogP contribution < -0.4 is 0 Å². The first kappa shape index (κ1) is 18.3. The van der Waals surface area contributed by atoms with E-state index in [9.17, 15) is 9.59 Å². The van der Waals surface area contributed by atoms with Crippen molar-refractivity contribution in [3.8, 4) is 0 Å². The number of esters is 1. The molecule has 0 aliphatic heterocycles. The Morgan fingerprint density at radius 3 is 2.69 bits per heavy atom. The molecule has 1 heterocycles. The quantitative estimate of drug-likeness (QED) is 0.752. The van der Waals surface area contributed by atoms with Crippen LogP contribution in [0.3, 0.4) is 0 Å². The standard InChI is InChI=1S/C22H25NO3/c1-5-26-21(25)16-7-9-19(23-13-16)14(2)15-6-8-18-17(12-15)20(24)10-11-22(18,3)4/h6-9,12-14H,5,10-11H2,1-4H3. The van der Waals surface area contributed by atoms with Crippen molar-refractivity contribution >= 4 is 11.8 Å². The van der Waals surface area contributed by atoms with Crippen LogP contribution in [0.25, 0.3) is 0 Å². The molecule has 3 rings (SSSR count). The van der Waals surface area contributed by atoms with E-state index in [1.165, 1.54) is 0 Å². The van der Waals surface area contributed by atoms with E-state index in [-0.39, 0.29) is 23.1 Å². The van der Waals surface area contributed by atoms with Gasteiger partial charge in [-0.15, -0.1) is 0 Å². The van der Waals surface area contributed by atoms with Crippen molar-refractivity contribution in [1.29, 1.82) is 0 Å². The summed E-state index contributed by atoms with van der Waals surface area (Å²) in [5.41, 5.74) is 4.38. The lowest BCUT2D eigenvalue weighted by molar-refractivity contribution is 0.0525. The second-order valence-electron chi connectivity index (χ2n) is 7.53. The van der Waals surface area contributed by atoms with Crippen molar-refractivity contribution in [1.82, 2.24) is 4.98 Å².